The van der Waals surface area contributed by atoms with Gasteiger partial charge in [-0.05, 0) is 55.3 Å². The Bertz CT molecular complexity index is 947. The maximum Gasteiger partial charge on any atom is 0.338 e. The van der Waals surface area contributed by atoms with E-state index < -0.39 is 16.0 Å². The number of nitrogens with zero attached hydrogens (tertiary/aromatic N) is 1. The van der Waals surface area contributed by atoms with E-state index in [0.717, 1.165) is 16.9 Å². The lowest BCUT2D eigenvalue weighted by atomic mass is 10.1. The third kappa shape index (κ3) is 5.56. The largest absolute Gasteiger partial charge is 0.490 e. The van der Waals surface area contributed by atoms with Crippen LogP contribution in [0.3, 0.4) is 0 Å². The molecular weight excluding hydrogens is 394 g/mol. The van der Waals surface area contributed by atoms with Gasteiger partial charge in [0.2, 0.25) is 10.0 Å². The van der Waals surface area contributed by atoms with Gasteiger partial charge < -0.3 is 14.2 Å². The molecule has 1 heterocycles. The Morgan fingerprint density at radius 2 is 1.72 bits per heavy atom. The molecule has 0 radical (unpaired) electrons. The number of sulfonamides is 1. The Balaban J connectivity index is 1.57. The molecule has 2 aromatic carbocycles. The van der Waals surface area contributed by atoms with E-state index in [4.69, 9.17) is 14.2 Å². The van der Waals surface area contributed by atoms with Crippen molar-refractivity contribution in [2.45, 2.75) is 18.7 Å². The summed E-state index contributed by atoms with van der Waals surface area (Å²) in [7, 11) is -3.67. The Morgan fingerprint density at radius 3 is 2.41 bits per heavy atom. The Kier molecular flexibility index (Phi) is 6.89. The van der Waals surface area contributed by atoms with Gasteiger partial charge in [0.05, 0.1) is 23.7 Å². The van der Waals surface area contributed by atoms with Crippen molar-refractivity contribution < 1.29 is 27.4 Å². The van der Waals surface area contributed by atoms with Gasteiger partial charge in [-0.2, -0.15) is 4.31 Å². The molecule has 0 N–H and O–H groups in total. The van der Waals surface area contributed by atoms with Crippen LogP contribution in [0.2, 0.25) is 0 Å². The summed E-state index contributed by atoms with van der Waals surface area (Å²) in [6.45, 7) is 5.56. The number of carbonyl (C=O) groups excluding carboxylic acids is 1. The van der Waals surface area contributed by atoms with Crippen molar-refractivity contribution in [2.24, 2.45) is 0 Å². The lowest BCUT2D eigenvalue weighted by Gasteiger charge is -2.26. The molecule has 0 saturated carbocycles. The first-order valence-electron chi connectivity index (χ1n) is 9.42. The SMILES string of the molecule is Cc1cc(C)cc(OCCOC(=O)c2cccc(S(=O)(=O)N3CCOCC3)c2)c1. The molecule has 8 heteroatoms. The Hall–Kier alpha value is -2.42. The minimum absolute atomic E-state index is 0.0618. The maximum absolute atomic E-state index is 12.7. The highest BCUT2D eigenvalue weighted by Gasteiger charge is 2.27. The first kappa shape index (κ1) is 21.3. The van der Waals surface area contributed by atoms with Crippen LogP contribution < -0.4 is 4.74 Å². The first-order chi connectivity index (χ1) is 13.9. The van der Waals surface area contributed by atoms with Crippen LogP contribution in [0, 0.1) is 13.8 Å². The van der Waals surface area contributed by atoms with Gasteiger partial charge in [-0.1, -0.05) is 12.1 Å². The minimum Gasteiger partial charge on any atom is -0.490 e. The zero-order chi connectivity index (χ0) is 20.9. The van der Waals surface area contributed by atoms with Crippen LogP contribution >= 0.6 is 0 Å². The maximum atomic E-state index is 12.7. The van der Waals surface area contributed by atoms with Crippen LogP contribution in [0.5, 0.6) is 5.75 Å². The van der Waals surface area contributed by atoms with Gasteiger partial charge in [0, 0.05) is 13.1 Å². The lowest BCUT2D eigenvalue weighted by Crippen LogP contribution is -2.40. The molecule has 2 aromatic rings. The number of ether oxygens (including phenoxy) is 3. The van der Waals surface area contributed by atoms with E-state index in [9.17, 15) is 13.2 Å². The number of hydrogen-bond donors (Lipinski definition) is 0. The highest BCUT2D eigenvalue weighted by atomic mass is 32.2. The zero-order valence-electron chi connectivity index (χ0n) is 16.6. The molecule has 1 aliphatic rings. The number of esters is 1. The topological polar surface area (TPSA) is 82.1 Å². The summed E-state index contributed by atoms with van der Waals surface area (Å²) in [6.07, 6.45) is 0. The van der Waals surface area contributed by atoms with Crippen molar-refractivity contribution >= 4 is 16.0 Å². The third-order valence-corrected chi connectivity index (χ3v) is 6.35. The molecule has 0 spiro atoms. The van der Waals surface area contributed by atoms with E-state index in [1.807, 2.05) is 32.0 Å². The predicted octanol–water partition coefficient (Wildman–Crippen LogP) is 2.56. The average molecular weight is 419 g/mol. The fourth-order valence-electron chi connectivity index (χ4n) is 3.11. The second-order valence-electron chi connectivity index (χ2n) is 6.85. The third-order valence-electron chi connectivity index (χ3n) is 4.46. The molecule has 29 heavy (non-hydrogen) atoms. The molecule has 3 rings (SSSR count). The van der Waals surface area contributed by atoms with E-state index in [0.29, 0.717) is 26.3 Å². The van der Waals surface area contributed by atoms with Crippen LogP contribution in [0.1, 0.15) is 21.5 Å². The molecule has 156 valence electrons. The summed E-state index contributed by atoms with van der Waals surface area (Å²) in [5.41, 5.74) is 2.37. The summed E-state index contributed by atoms with van der Waals surface area (Å²) in [5, 5.41) is 0. The molecule has 0 amide bonds. The van der Waals surface area contributed by atoms with E-state index in [1.54, 1.807) is 0 Å². The summed E-state index contributed by atoms with van der Waals surface area (Å²) in [5.74, 6) is 0.130. The first-order valence-corrected chi connectivity index (χ1v) is 10.9. The van der Waals surface area contributed by atoms with Crippen LogP contribution in [-0.4, -0.2) is 58.2 Å². The van der Waals surface area contributed by atoms with Crippen LogP contribution in [0.15, 0.2) is 47.4 Å². The molecule has 1 aliphatic heterocycles. The van der Waals surface area contributed by atoms with Crippen molar-refractivity contribution in [2.75, 3.05) is 39.5 Å². The standard InChI is InChI=1S/C21H25NO6S/c1-16-12-17(2)14-19(13-16)27-10-11-28-21(23)18-4-3-5-20(15-18)29(24,25)22-6-8-26-9-7-22/h3-5,12-15H,6-11H2,1-2H3. The number of benzene rings is 2. The van der Waals surface area contributed by atoms with Crippen molar-refractivity contribution in [3.8, 4) is 5.75 Å². The van der Waals surface area contributed by atoms with Crippen LogP contribution in [-0.2, 0) is 19.5 Å². The highest BCUT2D eigenvalue weighted by Crippen LogP contribution is 2.19. The molecular formula is C21H25NO6S. The van der Waals surface area contributed by atoms with Gasteiger partial charge >= 0.3 is 5.97 Å². The molecule has 0 bridgehead atoms. The van der Waals surface area contributed by atoms with Gasteiger partial charge in [0.1, 0.15) is 19.0 Å². The fraction of sp³-hybridized carbons (Fsp3) is 0.381. The number of carbonyl (C=O) groups is 1. The number of morpholine rings is 1. The molecule has 0 unspecified atom stereocenters. The molecule has 7 nitrogen and oxygen atoms in total. The van der Waals surface area contributed by atoms with Crippen LogP contribution in [0.4, 0.5) is 0 Å². The van der Waals surface area contributed by atoms with Gasteiger partial charge in [0.15, 0.2) is 0 Å². The normalized spacial score (nSPS) is 15.1. The zero-order valence-corrected chi connectivity index (χ0v) is 17.4. The minimum atomic E-state index is -3.67. The number of rotatable bonds is 7. The summed E-state index contributed by atoms with van der Waals surface area (Å²) in [4.78, 5) is 12.4. The van der Waals surface area contributed by atoms with Gasteiger partial charge in [-0.25, -0.2) is 13.2 Å². The van der Waals surface area contributed by atoms with E-state index in [1.165, 1.54) is 28.6 Å². The van der Waals surface area contributed by atoms with E-state index in [2.05, 4.69) is 0 Å². The van der Waals surface area contributed by atoms with E-state index in [-0.39, 0.29) is 23.7 Å². The molecule has 1 fully saturated rings. The second-order valence-corrected chi connectivity index (χ2v) is 8.79. The van der Waals surface area contributed by atoms with Crippen LogP contribution in [0.25, 0.3) is 0 Å². The predicted molar refractivity (Wildman–Crippen MR) is 108 cm³/mol. The van der Waals surface area contributed by atoms with Crippen molar-refractivity contribution in [3.05, 3.63) is 59.2 Å². The summed E-state index contributed by atoms with van der Waals surface area (Å²) < 4.78 is 42.9. The molecule has 0 aliphatic carbocycles. The lowest BCUT2D eigenvalue weighted by molar-refractivity contribution is 0.0450. The second kappa shape index (κ2) is 9.39. The van der Waals surface area contributed by atoms with Crippen molar-refractivity contribution in [1.82, 2.24) is 4.31 Å². The Morgan fingerprint density at radius 1 is 1.03 bits per heavy atom. The number of aryl methyl sites for hydroxylation is 2. The quantitative estimate of drug-likeness (QED) is 0.507. The van der Waals surface area contributed by atoms with Gasteiger partial charge in [-0.15, -0.1) is 0 Å². The number of hydrogen-bond acceptors (Lipinski definition) is 6. The average Bonchev–Trinajstić information content (AvgIpc) is 2.71. The molecule has 0 aromatic heterocycles. The van der Waals surface area contributed by atoms with E-state index >= 15 is 0 Å². The van der Waals surface area contributed by atoms with Gasteiger partial charge in [-0.3, -0.25) is 0 Å². The highest BCUT2D eigenvalue weighted by molar-refractivity contribution is 7.89. The monoisotopic (exact) mass is 419 g/mol. The fourth-order valence-corrected chi connectivity index (χ4v) is 4.57. The molecule has 0 atom stereocenters. The van der Waals surface area contributed by atoms with Crippen molar-refractivity contribution in [1.29, 1.82) is 0 Å². The summed E-state index contributed by atoms with van der Waals surface area (Å²) >= 11 is 0. The summed E-state index contributed by atoms with van der Waals surface area (Å²) in [6, 6.07) is 11.8. The smallest absolute Gasteiger partial charge is 0.338 e. The van der Waals surface area contributed by atoms with Crippen molar-refractivity contribution in [3.63, 3.8) is 0 Å². The Labute approximate surface area is 171 Å². The molecule has 1 saturated heterocycles. The van der Waals surface area contributed by atoms with Gasteiger partial charge in [0.25, 0.3) is 0 Å².